The monoisotopic (exact) mass is 665 g/mol. The number of H-pyrrole nitrogens is 1. The lowest BCUT2D eigenvalue weighted by molar-refractivity contribution is 0.170. The van der Waals surface area contributed by atoms with E-state index in [4.69, 9.17) is 14.7 Å². The molecule has 0 radical (unpaired) electrons. The Bertz CT molecular complexity index is 2180. The first kappa shape index (κ1) is 31.6. The number of nitrogens with one attached hydrogen (secondary N) is 3. The third-order valence-electron chi connectivity index (χ3n) is 9.10. The largest absolute Gasteiger partial charge is 0.494 e. The van der Waals surface area contributed by atoms with Crippen molar-refractivity contribution in [3.63, 3.8) is 0 Å². The van der Waals surface area contributed by atoms with Gasteiger partial charge >= 0.3 is 0 Å². The molecule has 6 aromatic rings. The summed E-state index contributed by atoms with van der Waals surface area (Å²) in [5.74, 6) is 1.57. The van der Waals surface area contributed by atoms with Crippen molar-refractivity contribution in [3.05, 3.63) is 61.3 Å². The SMILES string of the molecule is COc1cc(N2C[C@@H](C)N(C)[C@@H](C)C2)c(-c2cnn(C)c2)cc1Nc1nc(Nc2ccc3nccnc3c2P(C)(C)=O)c2cc[nH]c2n1. The van der Waals surface area contributed by atoms with Crippen molar-refractivity contribution in [3.8, 4) is 16.9 Å². The van der Waals surface area contributed by atoms with Crippen LogP contribution in [0.1, 0.15) is 13.8 Å². The number of anilines is 5. The van der Waals surface area contributed by atoms with Gasteiger partial charge in [0.25, 0.3) is 0 Å². The van der Waals surface area contributed by atoms with Crippen LogP contribution in [-0.4, -0.2) is 92.3 Å². The van der Waals surface area contributed by atoms with Gasteiger partial charge < -0.3 is 29.8 Å². The van der Waals surface area contributed by atoms with E-state index in [1.54, 1.807) is 32.8 Å². The Morgan fingerprint density at radius 2 is 1.75 bits per heavy atom. The number of methoxy groups -OCH3 is 1. The maximum Gasteiger partial charge on any atom is 0.231 e. The summed E-state index contributed by atoms with van der Waals surface area (Å²) in [5, 5.41) is 12.8. The Hall–Kier alpha value is -5.00. The number of piperazine rings is 1. The third-order valence-corrected chi connectivity index (χ3v) is 10.6. The van der Waals surface area contributed by atoms with E-state index in [0.717, 1.165) is 35.3 Å². The number of hydrogen-bond donors (Lipinski definition) is 3. The Kier molecular flexibility index (Phi) is 8.04. The predicted octanol–water partition coefficient (Wildman–Crippen LogP) is 5.57. The van der Waals surface area contributed by atoms with Gasteiger partial charge in [0, 0.05) is 79.9 Å². The van der Waals surface area contributed by atoms with Gasteiger partial charge in [-0.15, -0.1) is 0 Å². The zero-order valence-corrected chi connectivity index (χ0v) is 29.1. The van der Waals surface area contributed by atoms with Gasteiger partial charge in [-0.25, -0.2) is 0 Å². The molecule has 1 fully saturated rings. The lowest BCUT2D eigenvalue weighted by Crippen LogP contribution is -2.55. The van der Waals surface area contributed by atoms with Crippen LogP contribution in [0.2, 0.25) is 0 Å². The van der Waals surface area contributed by atoms with Crippen molar-refractivity contribution in [1.29, 1.82) is 0 Å². The first-order chi connectivity index (χ1) is 23.0. The summed E-state index contributed by atoms with van der Waals surface area (Å²) < 4.78 is 21.4. The molecule has 2 aromatic carbocycles. The second kappa shape index (κ2) is 12.2. The Morgan fingerprint density at radius 1 is 0.979 bits per heavy atom. The van der Waals surface area contributed by atoms with Crippen LogP contribution in [0.3, 0.4) is 0 Å². The Morgan fingerprint density at radius 3 is 2.46 bits per heavy atom. The number of likely N-dealkylation sites (N-methyl/N-ethyl adjacent to an activating group) is 1. The number of aryl methyl sites for hydroxylation is 1. The summed E-state index contributed by atoms with van der Waals surface area (Å²) in [5.41, 5.74) is 6.38. The van der Waals surface area contributed by atoms with Gasteiger partial charge in [0.15, 0.2) is 0 Å². The summed E-state index contributed by atoms with van der Waals surface area (Å²) in [7, 11) is 2.99. The molecule has 248 valence electrons. The molecule has 0 aliphatic carbocycles. The first-order valence-electron chi connectivity index (χ1n) is 15.9. The molecule has 3 N–H and O–H groups in total. The number of aromatic nitrogens is 7. The van der Waals surface area contributed by atoms with E-state index in [1.807, 2.05) is 48.5 Å². The lowest BCUT2D eigenvalue weighted by Gasteiger charge is -2.44. The normalized spacial score (nSPS) is 17.3. The van der Waals surface area contributed by atoms with Crippen molar-refractivity contribution < 1.29 is 9.30 Å². The molecular formula is C34H40N11O2P. The highest BCUT2D eigenvalue weighted by Crippen LogP contribution is 2.43. The minimum atomic E-state index is -2.78. The fraction of sp³-hybridized carbons (Fsp3) is 0.324. The molecule has 1 aliphatic heterocycles. The van der Waals surface area contributed by atoms with Crippen molar-refractivity contribution in [2.24, 2.45) is 7.05 Å². The summed E-state index contributed by atoms with van der Waals surface area (Å²) in [6.45, 7) is 9.76. The van der Waals surface area contributed by atoms with E-state index < -0.39 is 7.14 Å². The van der Waals surface area contributed by atoms with Gasteiger partial charge in [0.05, 0.1) is 40.9 Å². The van der Waals surface area contributed by atoms with Crippen LogP contribution in [-0.2, 0) is 11.6 Å². The van der Waals surface area contributed by atoms with E-state index in [2.05, 4.69) is 73.5 Å². The lowest BCUT2D eigenvalue weighted by atomic mass is 10.0. The Labute approximate surface area is 279 Å². The van der Waals surface area contributed by atoms with Crippen LogP contribution in [0.4, 0.5) is 28.8 Å². The van der Waals surface area contributed by atoms with Gasteiger partial charge in [-0.1, -0.05) is 0 Å². The minimum Gasteiger partial charge on any atom is -0.494 e. The van der Waals surface area contributed by atoms with E-state index >= 15 is 0 Å². The number of fused-ring (bicyclic) bond motifs is 2. The number of aromatic amines is 1. The van der Waals surface area contributed by atoms with Gasteiger partial charge in [-0.2, -0.15) is 15.1 Å². The Balaban J connectivity index is 1.31. The molecule has 0 bridgehead atoms. The second-order valence-electron chi connectivity index (χ2n) is 12.9. The third kappa shape index (κ3) is 5.84. The van der Waals surface area contributed by atoms with Crippen LogP contribution in [0, 0.1) is 0 Å². The summed E-state index contributed by atoms with van der Waals surface area (Å²) in [6.07, 6.45) is 8.97. The molecule has 7 rings (SSSR count). The molecule has 0 unspecified atom stereocenters. The predicted molar refractivity (Wildman–Crippen MR) is 193 cm³/mol. The van der Waals surface area contributed by atoms with Gasteiger partial charge in [-0.05, 0) is 58.5 Å². The molecule has 13 nitrogen and oxygen atoms in total. The number of nitrogens with zero attached hydrogens (tertiary/aromatic N) is 8. The number of ether oxygens (including phenoxy) is 1. The molecule has 14 heteroatoms. The van der Waals surface area contributed by atoms with E-state index in [1.165, 1.54) is 0 Å². The molecule has 5 heterocycles. The fourth-order valence-electron chi connectivity index (χ4n) is 6.50. The van der Waals surface area contributed by atoms with E-state index in [-0.39, 0.29) is 0 Å². The molecule has 0 saturated carbocycles. The maximum absolute atomic E-state index is 13.6. The molecular weight excluding hydrogens is 625 g/mol. The standard InChI is InChI=1S/C34H40N11O2P/c1-20-17-45(18-21(2)44(20)4)28-15-29(47-5)27(14-24(28)22-16-38-43(3)19-22)40-34-41-32-23(10-11-37-32)33(42-34)39-26-9-8-25-30(36-13-12-35-25)31(26)48(6,7)46/h8-16,19-21H,17-18H2,1-7H3,(H3,37,39,40,41,42)/t20-,21+. The van der Waals surface area contributed by atoms with Crippen LogP contribution in [0.25, 0.3) is 33.2 Å². The molecule has 4 aromatic heterocycles. The van der Waals surface area contributed by atoms with E-state index in [0.29, 0.717) is 63.0 Å². The molecule has 1 aliphatic rings. The van der Waals surface area contributed by atoms with Crippen molar-refractivity contribution >= 4 is 63.3 Å². The molecule has 1 saturated heterocycles. The average molecular weight is 666 g/mol. The number of rotatable bonds is 8. The zero-order valence-electron chi connectivity index (χ0n) is 28.2. The van der Waals surface area contributed by atoms with Crippen LogP contribution in [0.15, 0.2) is 61.3 Å². The summed E-state index contributed by atoms with van der Waals surface area (Å²) >= 11 is 0. The first-order valence-corrected chi connectivity index (χ1v) is 18.5. The average Bonchev–Trinajstić information content (AvgIpc) is 3.71. The zero-order chi connectivity index (χ0) is 33.7. The number of hydrogen-bond acceptors (Lipinski definition) is 11. The van der Waals surface area contributed by atoms with Crippen LogP contribution >= 0.6 is 7.14 Å². The van der Waals surface area contributed by atoms with Gasteiger partial charge in [0.1, 0.15) is 29.9 Å². The maximum atomic E-state index is 13.6. The van der Waals surface area contributed by atoms with Crippen molar-refractivity contribution in [1.82, 2.24) is 39.6 Å². The summed E-state index contributed by atoms with van der Waals surface area (Å²) in [6, 6.07) is 10.6. The van der Waals surface area contributed by atoms with Crippen molar-refractivity contribution in [2.75, 3.05) is 56.1 Å². The van der Waals surface area contributed by atoms with Gasteiger partial charge in [-0.3, -0.25) is 19.5 Å². The fourth-order valence-corrected chi connectivity index (χ4v) is 7.89. The molecule has 0 spiro atoms. The smallest absolute Gasteiger partial charge is 0.231 e. The van der Waals surface area contributed by atoms with E-state index in [9.17, 15) is 4.57 Å². The summed E-state index contributed by atoms with van der Waals surface area (Å²) in [4.78, 5) is 26.7. The molecule has 2 atom stereocenters. The highest BCUT2D eigenvalue weighted by Gasteiger charge is 2.29. The highest BCUT2D eigenvalue weighted by atomic mass is 31.2. The van der Waals surface area contributed by atoms with Crippen molar-refractivity contribution in [2.45, 2.75) is 25.9 Å². The van der Waals surface area contributed by atoms with Crippen LogP contribution in [0.5, 0.6) is 5.75 Å². The number of benzene rings is 2. The quantitative estimate of drug-likeness (QED) is 0.176. The minimum absolute atomic E-state index is 0.357. The topological polar surface area (TPSA) is 142 Å². The molecule has 48 heavy (non-hydrogen) atoms. The second-order valence-corrected chi connectivity index (χ2v) is 16.0. The van der Waals surface area contributed by atoms with Gasteiger partial charge in [0.2, 0.25) is 5.95 Å². The molecule has 0 amide bonds. The highest BCUT2D eigenvalue weighted by molar-refractivity contribution is 7.71. The van der Waals surface area contributed by atoms with Crippen LogP contribution < -0.4 is 25.6 Å².